The third-order valence-electron chi connectivity index (χ3n) is 8.21. The van der Waals surface area contributed by atoms with Crippen molar-refractivity contribution in [1.82, 2.24) is 10.5 Å². The van der Waals surface area contributed by atoms with E-state index in [4.69, 9.17) is 9.26 Å². The molecule has 3 aromatic rings. The second-order valence-corrected chi connectivity index (χ2v) is 11.7. The zero-order valence-electron chi connectivity index (χ0n) is 21.1. The second kappa shape index (κ2) is 10.9. The lowest BCUT2D eigenvalue weighted by Gasteiger charge is -2.36. The van der Waals surface area contributed by atoms with E-state index in [2.05, 4.69) is 31.1 Å². The van der Waals surface area contributed by atoms with Gasteiger partial charge in [-0.1, -0.05) is 29.4 Å². The average molecular weight is 609 g/mol. The van der Waals surface area contributed by atoms with Crippen LogP contribution < -0.4 is 10.1 Å². The summed E-state index contributed by atoms with van der Waals surface area (Å²) in [5, 5.41) is 7.78. The fourth-order valence-electron chi connectivity index (χ4n) is 6.27. The van der Waals surface area contributed by atoms with Crippen molar-refractivity contribution >= 4 is 15.9 Å². The molecule has 0 saturated heterocycles. The van der Waals surface area contributed by atoms with Gasteiger partial charge in [0, 0.05) is 35.2 Å². The minimum absolute atomic E-state index is 0.0274. The van der Waals surface area contributed by atoms with E-state index in [1.807, 2.05) is 6.07 Å². The number of para-hydroxylation sites is 1. The Morgan fingerprint density at radius 1 is 1.00 bits per heavy atom. The summed E-state index contributed by atoms with van der Waals surface area (Å²) in [4.78, 5) is 0. The third-order valence-corrected chi connectivity index (χ3v) is 8.83. The van der Waals surface area contributed by atoms with E-state index in [0.29, 0.717) is 51.5 Å². The maximum Gasteiger partial charge on any atom is 0.573 e. The molecule has 0 radical (unpaired) electrons. The average Bonchev–Trinajstić information content (AvgIpc) is 3.61. The van der Waals surface area contributed by atoms with Crippen LogP contribution in [0.4, 0.5) is 17.6 Å². The van der Waals surface area contributed by atoms with Crippen LogP contribution in [0.3, 0.4) is 0 Å². The highest BCUT2D eigenvalue weighted by Crippen LogP contribution is 2.47. The van der Waals surface area contributed by atoms with Gasteiger partial charge in [0.2, 0.25) is 0 Å². The van der Waals surface area contributed by atoms with Gasteiger partial charge in [0.25, 0.3) is 0 Å². The van der Waals surface area contributed by atoms with Crippen LogP contribution in [0, 0.1) is 17.7 Å². The lowest BCUT2D eigenvalue weighted by atomic mass is 9.82. The van der Waals surface area contributed by atoms with Crippen molar-refractivity contribution in [2.45, 2.75) is 76.1 Å². The number of fused-ring (bicyclic) bond motifs is 2. The smallest absolute Gasteiger partial charge is 0.405 e. The van der Waals surface area contributed by atoms with Gasteiger partial charge in [-0.2, -0.15) is 0 Å². The molecule has 6 rings (SSSR count). The lowest BCUT2D eigenvalue weighted by Crippen LogP contribution is -2.44. The van der Waals surface area contributed by atoms with Gasteiger partial charge in [-0.15, -0.1) is 13.2 Å². The number of nitrogens with one attached hydrogen (secondary N) is 1. The molecular weight excluding hydrogens is 580 g/mol. The van der Waals surface area contributed by atoms with Crippen molar-refractivity contribution < 1.29 is 31.6 Å². The van der Waals surface area contributed by atoms with Gasteiger partial charge >= 0.3 is 6.36 Å². The van der Waals surface area contributed by atoms with E-state index < -0.39 is 6.36 Å². The summed E-state index contributed by atoms with van der Waals surface area (Å²) in [6.07, 6.45) is 1.08. The molecule has 3 aliphatic carbocycles. The number of ether oxygens (including phenoxy) is 2. The van der Waals surface area contributed by atoms with E-state index in [1.165, 1.54) is 12.1 Å². The first-order valence-corrected chi connectivity index (χ1v) is 14.2. The fraction of sp³-hybridized carbons (Fsp3) is 0.483. The van der Waals surface area contributed by atoms with Crippen LogP contribution in [0.1, 0.15) is 61.3 Å². The largest absolute Gasteiger partial charge is 0.573 e. The summed E-state index contributed by atoms with van der Waals surface area (Å²) in [6, 6.07) is 11.6. The fourth-order valence-corrected chi connectivity index (χ4v) is 6.68. The first kappa shape index (κ1) is 26.8. The van der Waals surface area contributed by atoms with E-state index >= 15 is 0 Å². The quantitative estimate of drug-likeness (QED) is 0.250. The summed E-state index contributed by atoms with van der Waals surface area (Å²) < 4.78 is 70.4. The molecule has 5 nitrogen and oxygen atoms in total. The molecule has 10 heteroatoms. The Labute approximate surface area is 232 Å². The molecule has 2 aromatic carbocycles. The van der Waals surface area contributed by atoms with Crippen LogP contribution in [0.2, 0.25) is 0 Å². The molecule has 208 valence electrons. The number of hydrogen-bond acceptors (Lipinski definition) is 5. The minimum atomic E-state index is -4.81. The highest BCUT2D eigenvalue weighted by molar-refractivity contribution is 9.10. The molecule has 2 bridgehead atoms. The van der Waals surface area contributed by atoms with Gasteiger partial charge in [0.05, 0.1) is 17.2 Å². The summed E-state index contributed by atoms with van der Waals surface area (Å²) in [5.41, 5.74) is 1.92. The van der Waals surface area contributed by atoms with Crippen LogP contribution in [0.5, 0.6) is 5.75 Å². The highest BCUT2D eigenvalue weighted by Gasteiger charge is 2.43. The third kappa shape index (κ3) is 5.88. The molecule has 3 aliphatic rings. The van der Waals surface area contributed by atoms with E-state index in [9.17, 15) is 17.6 Å². The van der Waals surface area contributed by atoms with Gasteiger partial charge < -0.3 is 19.3 Å². The van der Waals surface area contributed by atoms with Crippen LogP contribution >= 0.6 is 15.9 Å². The van der Waals surface area contributed by atoms with Crippen molar-refractivity contribution in [2.75, 3.05) is 0 Å². The molecule has 1 aromatic heterocycles. The van der Waals surface area contributed by atoms with Crippen LogP contribution in [-0.2, 0) is 17.9 Å². The second-order valence-electron chi connectivity index (χ2n) is 10.8. The van der Waals surface area contributed by atoms with Crippen molar-refractivity contribution in [3.8, 4) is 17.0 Å². The van der Waals surface area contributed by atoms with Crippen molar-refractivity contribution in [3.05, 3.63) is 69.6 Å². The monoisotopic (exact) mass is 608 g/mol. The first-order chi connectivity index (χ1) is 18.8. The molecule has 3 saturated carbocycles. The number of nitrogens with zero attached hydrogens (tertiary/aromatic N) is 1. The highest BCUT2D eigenvalue weighted by atomic mass is 79.9. The summed E-state index contributed by atoms with van der Waals surface area (Å²) >= 11 is 3.26. The molecule has 4 atom stereocenters. The SMILES string of the molecule is Fc1c(Br)cccc1CNC1[C@@H]2CC[C@H]1CC(OCc1c(-c3ccccc3OC(F)(F)F)noc1C1CC1)C2. The lowest BCUT2D eigenvalue weighted by molar-refractivity contribution is -0.274. The summed E-state index contributed by atoms with van der Waals surface area (Å²) in [6.45, 7) is 0.694. The Hall–Kier alpha value is -2.43. The van der Waals surface area contributed by atoms with Crippen molar-refractivity contribution in [1.29, 1.82) is 0 Å². The molecule has 3 fully saturated rings. The Morgan fingerprint density at radius 3 is 2.46 bits per heavy atom. The molecule has 39 heavy (non-hydrogen) atoms. The van der Waals surface area contributed by atoms with E-state index in [0.717, 1.165) is 38.5 Å². The molecule has 1 heterocycles. The Bertz CT molecular complexity index is 1310. The zero-order valence-corrected chi connectivity index (χ0v) is 22.7. The maximum atomic E-state index is 14.4. The normalized spacial score (nSPS) is 24.7. The van der Waals surface area contributed by atoms with Gasteiger partial charge in [-0.05, 0) is 84.5 Å². The summed E-state index contributed by atoms with van der Waals surface area (Å²) in [7, 11) is 0. The molecule has 1 N–H and O–H groups in total. The van der Waals surface area contributed by atoms with Crippen molar-refractivity contribution in [3.63, 3.8) is 0 Å². The van der Waals surface area contributed by atoms with Gasteiger partial charge in [-0.25, -0.2) is 4.39 Å². The van der Waals surface area contributed by atoms with Gasteiger partial charge in [0.1, 0.15) is 23.0 Å². The maximum absolute atomic E-state index is 14.4. The summed E-state index contributed by atoms with van der Waals surface area (Å²) in [5.74, 6) is 1.22. The predicted octanol–water partition coefficient (Wildman–Crippen LogP) is 7.88. The molecule has 0 aliphatic heterocycles. The number of alkyl halides is 3. The van der Waals surface area contributed by atoms with E-state index in [-0.39, 0.29) is 35.8 Å². The number of hydrogen-bond donors (Lipinski definition) is 1. The molecule has 0 spiro atoms. The first-order valence-electron chi connectivity index (χ1n) is 13.4. The predicted molar refractivity (Wildman–Crippen MR) is 139 cm³/mol. The van der Waals surface area contributed by atoms with E-state index in [1.54, 1.807) is 24.3 Å². The number of halogens is 5. The Kier molecular flexibility index (Phi) is 7.45. The topological polar surface area (TPSA) is 56.5 Å². The number of benzene rings is 2. The van der Waals surface area contributed by atoms with Crippen LogP contribution in [0.25, 0.3) is 11.3 Å². The minimum Gasteiger partial charge on any atom is -0.405 e. The van der Waals surface area contributed by atoms with Crippen LogP contribution in [-0.4, -0.2) is 23.7 Å². The Morgan fingerprint density at radius 2 is 1.74 bits per heavy atom. The van der Waals surface area contributed by atoms with Gasteiger partial charge in [-0.3, -0.25) is 0 Å². The molecule has 2 unspecified atom stereocenters. The number of aromatic nitrogens is 1. The zero-order chi connectivity index (χ0) is 27.1. The van der Waals surface area contributed by atoms with Crippen molar-refractivity contribution in [2.24, 2.45) is 11.8 Å². The standard InChI is InChI=1S/C29H29BrF4N2O3/c30-23-6-3-4-19(25(23)31)14-35-26-17-10-11-18(26)13-20(12-17)37-15-22-27(36-39-28(22)16-8-9-16)21-5-1-2-7-24(21)38-29(32,33)34/h1-7,16-18,20,26,35H,8-15H2/t17-,18+,20?,26?. The van der Waals surface area contributed by atoms with Gasteiger partial charge in [0.15, 0.2) is 0 Å². The molecule has 0 amide bonds. The van der Waals surface area contributed by atoms with Crippen LogP contribution in [0.15, 0.2) is 51.5 Å². The number of rotatable bonds is 9. The molecular formula is C29H29BrF4N2O3. The Balaban J connectivity index is 1.14.